The number of fused-ring (bicyclic) bond motifs is 1. The van der Waals surface area contributed by atoms with Crippen molar-refractivity contribution in [1.82, 2.24) is 4.90 Å². The molecule has 0 aromatic heterocycles. The lowest BCUT2D eigenvalue weighted by Crippen LogP contribution is -2.50. The van der Waals surface area contributed by atoms with Crippen LogP contribution >= 0.6 is 0 Å². The summed E-state index contributed by atoms with van der Waals surface area (Å²) < 4.78 is 6.49. The Hall–Kier alpha value is -1.06. The highest BCUT2D eigenvalue weighted by Gasteiger charge is 2.39. The highest BCUT2D eigenvalue weighted by Crippen LogP contribution is 2.40. The van der Waals surface area contributed by atoms with E-state index in [-0.39, 0.29) is 5.60 Å². The molecule has 20 heavy (non-hydrogen) atoms. The van der Waals surface area contributed by atoms with Crippen LogP contribution in [0.5, 0.6) is 5.75 Å². The first-order chi connectivity index (χ1) is 9.62. The first-order valence-electron chi connectivity index (χ1n) is 7.83. The van der Waals surface area contributed by atoms with E-state index in [9.17, 15) is 0 Å². The molecule has 2 heterocycles. The molecular weight excluding hydrogens is 248 g/mol. The Kier molecular flexibility index (Phi) is 3.74. The van der Waals surface area contributed by atoms with Gasteiger partial charge in [0.1, 0.15) is 11.4 Å². The fourth-order valence-electron chi connectivity index (χ4n) is 3.73. The van der Waals surface area contributed by atoms with Gasteiger partial charge >= 0.3 is 0 Å². The van der Waals surface area contributed by atoms with E-state index in [1.165, 1.54) is 29.5 Å². The number of aryl methyl sites for hydroxylation is 2. The predicted molar refractivity (Wildman–Crippen MR) is 82.3 cm³/mol. The third-order valence-electron chi connectivity index (χ3n) is 4.95. The van der Waals surface area contributed by atoms with Crippen LogP contribution in [0, 0.1) is 13.8 Å². The molecule has 0 saturated carbocycles. The van der Waals surface area contributed by atoms with Crippen molar-refractivity contribution in [1.29, 1.82) is 0 Å². The number of nitrogens with zero attached hydrogens (tertiary/aromatic N) is 1. The molecule has 0 atom stereocenters. The van der Waals surface area contributed by atoms with Crippen LogP contribution in [0.15, 0.2) is 12.1 Å². The van der Waals surface area contributed by atoms with Gasteiger partial charge in [-0.2, -0.15) is 0 Å². The summed E-state index contributed by atoms with van der Waals surface area (Å²) in [5.74, 6) is 1.14. The molecule has 1 fully saturated rings. The van der Waals surface area contributed by atoms with Gasteiger partial charge in [-0.3, -0.25) is 0 Å². The zero-order chi connectivity index (χ0) is 14.2. The van der Waals surface area contributed by atoms with Crippen molar-refractivity contribution in [3.8, 4) is 5.75 Å². The molecule has 3 nitrogen and oxygen atoms in total. The molecule has 3 rings (SSSR count). The maximum Gasteiger partial charge on any atom is 0.123 e. The topological polar surface area (TPSA) is 38.5 Å². The fourth-order valence-corrected chi connectivity index (χ4v) is 3.73. The number of likely N-dealkylation sites (tertiary alicyclic amines) is 1. The van der Waals surface area contributed by atoms with Gasteiger partial charge in [-0.15, -0.1) is 0 Å². The number of benzene rings is 1. The lowest BCUT2D eigenvalue weighted by molar-refractivity contribution is -0.0138. The smallest absolute Gasteiger partial charge is 0.123 e. The molecule has 0 bridgehead atoms. The first kappa shape index (κ1) is 13.9. The molecule has 2 aliphatic heterocycles. The second-order valence-electron chi connectivity index (χ2n) is 6.47. The molecule has 2 aliphatic rings. The molecule has 1 spiro atoms. The van der Waals surface area contributed by atoms with Crippen molar-refractivity contribution in [3.63, 3.8) is 0 Å². The van der Waals surface area contributed by atoms with Crippen molar-refractivity contribution in [2.75, 3.05) is 26.2 Å². The van der Waals surface area contributed by atoms with Crippen LogP contribution in [-0.2, 0) is 6.42 Å². The van der Waals surface area contributed by atoms with E-state index in [1.54, 1.807) is 0 Å². The van der Waals surface area contributed by atoms with Crippen LogP contribution in [-0.4, -0.2) is 36.7 Å². The maximum absolute atomic E-state index is 6.49. The molecule has 0 unspecified atom stereocenters. The van der Waals surface area contributed by atoms with Gasteiger partial charge in [-0.05, 0) is 62.3 Å². The van der Waals surface area contributed by atoms with E-state index in [4.69, 9.17) is 10.5 Å². The summed E-state index contributed by atoms with van der Waals surface area (Å²) in [4.78, 5) is 2.46. The molecule has 1 saturated heterocycles. The zero-order valence-electron chi connectivity index (χ0n) is 12.7. The number of hydrogen-bond donors (Lipinski definition) is 1. The molecule has 1 aromatic rings. The highest BCUT2D eigenvalue weighted by atomic mass is 16.5. The molecular formula is C17H26N2O. The molecule has 1 aromatic carbocycles. The minimum absolute atomic E-state index is 0.0817. The van der Waals surface area contributed by atoms with Gasteiger partial charge in [0.15, 0.2) is 0 Å². The maximum atomic E-state index is 6.49. The highest BCUT2D eigenvalue weighted by molar-refractivity contribution is 5.45. The molecule has 0 radical (unpaired) electrons. The normalized spacial score (nSPS) is 21.6. The first-order valence-corrected chi connectivity index (χ1v) is 7.83. The SMILES string of the molecule is Cc1cc(C)c2c(c1)OC1(CC2)CCN(CCN)CC1. The molecule has 110 valence electrons. The van der Waals surface area contributed by atoms with Crippen molar-refractivity contribution in [2.45, 2.75) is 45.1 Å². The van der Waals surface area contributed by atoms with Crippen LogP contribution in [0.1, 0.15) is 36.0 Å². The van der Waals surface area contributed by atoms with Crippen LogP contribution in [0.2, 0.25) is 0 Å². The summed E-state index contributed by atoms with van der Waals surface area (Å²) in [5.41, 5.74) is 9.85. The molecule has 0 aliphatic carbocycles. The Morgan fingerprint density at radius 1 is 1.20 bits per heavy atom. The van der Waals surface area contributed by atoms with Gasteiger partial charge in [-0.1, -0.05) is 6.07 Å². The minimum Gasteiger partial charge on any atom is -0.487 e. The van der Waals surface area contributed by atoms with Gasteiger partial charge in [0.25, 0.3) is 0 Å². The molecule has 3 heteroatoms. The predicted octanol–water partition coefficient (Wildman–Crippen LogP) is 2.42. The van der Waals surface area contributed by atoms with Gasteiger partial charge in [0, 0.05) is 26.2 Å². The summed E-state index contributed by atoms with van der Waals surface area (Å²) in [6, 6.07) is 4.49. The van der Waals surface area contributed by atoms with Crippen LogP contribution < -0.4 is 10.5 Å². The third kappa shape index (κ3) is 2.57. The Bertz CT molecular complexity index is 490. The van der Waals surface area contributed by atoms with E-state index in [0.717, 1.165) is 44.8 Å². The number of rotatable bonds is 2. The van der Waals surface area contributed by atoms with Gasteiger partial charge in [-0.25, -0.2) is 0 Å². The Balaban J connectivity index is 1.76. The second kappa shape index (κ2) is 5.38. The summed E-state index contributed by atoms with van der Waals surface area (Å²) in [7, 11) is 0. The van der Waals surface area contributed by atoms with E-state index in [2.05, 4.69) is 30.9 Å². The molecule has 2 N–H and O–H groups in total. The van der Waals surface area contributed by atoms with Crippen LogP contribution in [0.3, 0.4) is 0 Å². The van der Waals surface area contributed by atoms with Gasteiger partial charge < -0.3 is 15.4 Å². The van der Waals surface area contributed by atoms with Crippen molar-refractivity contribution in [2.24, 2.45) is 5.73 Å². The number of nitrogens with two attached hydrogens (primary N) is 1. The summed E-state index contributed by atoms with van der Waals surface area (Å²) in [6.45, 7) is 8.38. The van der Waals surface area contributed by atoms with Crippen LogP contribution in [0.25, 0.3) is 0 Å². The summed E-state index contributed by atoms with van der Waals surface area (Å²) in [5, 5.41) is 0. The number of piperidine rings is 1. The lowest BCUT2D eigenvalue weighted by atomic mass is 9.82. The lowest BCUT2D eigenvalue weighted by Gasteiger charge is -2.45. The van der Waals surface area contributed by atoms with Gasteiger partial charge in [0.05, 0.1) is 0 Å². The molecule has 0 amide bonds. The second-order valence-corrected chi connectivity index (χ2v) is 6.47. The quantitative estimate of drug-likeness (QED) is 0.900. The van der Waals surface area contributed by atoms with Gasteiger partial charge in [0.2, 0.25) is 0 Å². The van der Waals surface area contributed by atoms with E-state index in [0.29, 0.717) is 0 Å². The monoisotopic (exact) mass is 274 g/mol. The Morgan fingerprint density at radius 2 is 1.95 bits per heavy atom. The van der Waals surface area contributed by atoms with E-state index >= 15 is 0 Å². The Morgan fingerprint density at radius 3 is 2.65 bits per heavy atom. The minimum atomic E-state index is 0.0817. The fraction of sp³-hybridized carbons (Fsp3) is 0.647. The van der Waals surface area contributed by atoms with Crippen molar-refractivity contribution in [3.05, 3.63) is 28.8 Å². The third-order valence-corrected chi connectivity index (χ3v) is 4.95. The summed E-state index contributed by atoms with van der Waals surface area (Å²) in [6.07, 6.45) is 4.61. The number of hydrogen-bond acceptors (Lipinski definition) is 3. The van der Waals surface area contributed by atoms with Crippen LogP contribution in [0.4, 0.5) is 0 Å². The summed E-state index contributed by atoms with van der Waals surface area (Å²) >= 11 is 0. The standard InChI is InChI=1S/C17H26N2O/c1-13-11-14(2)15-3-4-17(20-16(15)12-13)5-8-19(9-6-17)10-7-18/h11-12H,3-10,18H2,1-2H3. The van der Waals surface area contributed by atoms with E-state index < -0.39 is 0 Å². The number of ether oxygens (including phenoxy) is 1. The zero-order valence-corrected chi connectivity index (χ0v) is 12.7. The largest absolute Gasteiger partial charge is 0.487 e. The average molecular weight is 274 g/mol. The van der Waals surface area contributed by atoms with Crippen molar-refractivity contribution < 1.29 is 4.74 Å². The average Bonchev–Trinajstić information content (AvgIpc) is 2.41. The van der Waals surface area contributed by atoms with E-state index in [1.807, 2.05) is 0 Å². The Labute approximate surface area is 122 Å². The van der Waals surface area contributed by atoms with Crippen molar-refractivity contribution >= 4 is 0 Å².